The quantitative estimate of drug-likeness (QED) is 0.276. The van der Waals surface area contributed by atoms with Crippen molar-refractivity contribution in [2.24, 2.45) is 0 Å². The van der Waals surface area contributed by atoms with E-state index in [1.165, 1.54) is 4.31 Å². The van der Waals surface area contributed by atoms with Crippen LogP contribution in [0.25, 0.3) is 0 Å². The highest BCUT2D eigenvalue weighted by Gasteiger charge is 2.31. The minimum absolute atomic E-state index is 0.0505. The zero-order chi connectivity index (χ0) is 31.7. The van der Waals surface area contributed by atoms with Crippen molar-refractivity contribution in [3.8, 4) is 11.5 Å². The van der Waals surface area contributed by atoms with Crippen LogP contribution in [-0.2, 0) is 32.6 Å². The number of sulfonamides is 1. The molecule has 236 valence electrons. The molecule has 1 N–H and O–H groups in total. The monoisotopic (exact) mass is 621 g/mol. The molecule has 1 aliphatic heterocycles. The van der Waals surface area contributed by atoms with E-state index < -0.39 is 16.1 Å². The summed E-state index contributed by atoms with van der Waals surface area (Å²) in [4.78, 5) is 29.4. The van der Waals surface area contributed by atoms with E-state index in [4.69, 9.17) is 9.47 Å². The molecule has 0 aliphatic carbocycles. The van der Waals surface area contributed by atoms with Crippen LogP contribution >= 0.6 is 0 Å². The van der Waals surface area contributed by atoms with Crippen LogP contribution in [0.2, 0.25) is 0 Å². The Morgan fingerprint density at radius 3 is 2.32 bits per heavy atom. The third-order valence-corrected chi connectivity index (χ3v) is 9.03. The summed E-state index contributed by atoms with van der Waals surface area (Å²) in [7, 11) is -3.66. The Kier molecular flexibility index (Phi) is 11.3. The molecule has 0 aromatic heterocycles. The second-order valence-corrected chi connectivity index (χ2v) is 13.1. The number of anilines is 1. The number of fused-ring (bicyclic) bond motifs is 1. The number of nitrogens with zero attached hydrogens (tertiary/aromatic N) is 2. The number of hydrogen-bond acceptors (Lipinski definition) is 6. The molecular weight excluding hydrogens is 578 g/mol. The molecule has 4 rings (SSSR count). The maximum atomic E-state index is 14.1. The van der Waals surface area contributed by atoms with Gasteiger partial charge < -0.3 is 19.7 Å². The molecule has 1 aliphatic rings. The number of carbonyl (C=O) groups excluding carboxylic acids is 2. The van der Waals surface area contributed by atoms with Crippen molar-refractivity contribution in [2.75, 3.05) is 30.3 Å². The summed E-state index contributed by atoms with van der Waals surface area (Å²) in [5.41, 5.74) is 3.36. The first-order valence-corrected chi connectivity index (χ1v) is 17.0. The van der Waals surface area contributed by atoms with Gasteiger partial charge in [-0.2, -0.15) is 0 Å². The Balaban J connectivity index is 1.59. The van der Waals surface area contributed by atoms with Gasteiger partial charge in [0.05, 0.1) is 11.9 Å². The molecule has 9 nitrogen and oxygen atoms in total. The van der Waals surface area contributed by atoms with E-state index in [-0.39, 0.29) is 43.8 Å². The van der Waals surface area contributed by atoms with Gasteiger partial charge in [-0.15, -0.1) is 0 Å². The smallest absolute Gasteiger partial charge is 0.243 e. The number of nitrogens with one attached hydrogen (secondary N) is 1. The highest BCUT2D eigenvalue weighted by molar-refractivity contribution is 7.92. The summed E-state index contributed by atoms with van der Waals surface area (Å²) in [5, 5.41) is 3.08. The highest BCUT2D eigenvalue weighted by Crippen LogP contribution is 2.35. The first-order valence-electron chi connectivity index (χ1n) is 15.1. The molecule has 0 bridgehead atoms. The van der Waals surface area contributed by atoms with Crippen LogP contribution in [0.1, 0.15) is 49.8 Å². The maximum absolute atomic E-state index is 14.1. The zero-order valence-electron chi connectivity index (χ0n) is 26.0. The lowest BCUT2D eigenvalue weighted by Crippen LogP contribution is -2.52. The van der Waals surface area contributed by atoms with Crippen LogP contribution in [-0.4, -0.2) is 63.2 Å². The predicted octanol–water partition coefficient (Wildman–Crippen LogP) is 4.87. The normalized spacial score (nSPS) is 13.9. The highest BCUT2D eigenvalue weighted by atomic mass is 32.2. The molecule has 44 heavy (non-hydrogen) atoms. The summed E-state index contributed by atoms with van der Waals surface area (Å²) in [6, 6.07) is 21.7. The Labute approximate surface area is 261 Å². The minimum Gasteiger partial charge on any atom is -0.486 e. The molecule has 0 fully saturated rings. The standard InChI is InChI=1S/C34H43N3O6S/c1-5-26(3)35-34(39)30(22-27-13-7-6-8-14-27)36(24-28-15-10-9-12-25(28)2)33(38)16-11-19-37(44(4,40)41)29-17-18-31-32(23-29)43-21-20-42-31/h6-10,12-15,17-18,23,26,30H,5,11,16,19-22,24H2,1-4H3,(H,35,39)/t26-,30+/m0/s1. The Morgan fingerprint density at radius 1 is 0.955 bits per heavy atom. The van der Waals surface area contributed by atoms with Crippen molar-refractivity contribution in [2.45, 2.75) is 65.1 Å². The third kappa shape index (κ3) is 8.75. The number of amides is 2. The number of benzene rings is 3. The molecule has 0 radical (unpaired) electrons. The number of hydrogen-bond donors (Lipinski definition) is 1. The minimum atomic E-state index is -3.66. The van der Waals surface area contributed by atoms with Crippen molar-refractivity contribution in [1.82, 2.24) is 10.2 Å². The van der Waals surface area contributed by atoms with Gasteiger partial charge in [0, 0.05) is 38.0 Å². The largest absolute Gasteiger partial charge is 0.486 e. The van der Waals surface area contributed by atoms with Crippen molar-refractivity contribution >= 4 is 27.5 Å². The van der Waals surface area contributed by atoms with Crippen molar-refractivity contribution in [1.29, 1.82) is 0 Å². The molecule has 0 saturated heterocycles. The molecule has 2 amide bonds. The van der Waals surface area contributed by atoms with Crippen LogP contribution < -0.4 is 19.1 Å². The number of carbonyl (C=O) groups is 2. The Bertz CT molecular complexity index is 1530. The molecule has 10 heteroatoms. The van der Waals surface area contributed by atoms with Crippen LogP contribution in [0.5, 0.6) is 11.5 Å². The first kappa shape index (κ1) is 32.9. The lowest BCUT2D eigenvalue weighted by atomic mass is 10.0. The topological polar surface area (TPSA) is 105 Å². The van der Waals surface area contributed by atoms with Gasteiger partial charge in [-0.1, -0.05) is 61.5 Å². The second-order valence-electron chi connectivity index (χ2n) is 11.2. The van der Waals surface area contributed by atoms with Gasteiger partial charge >= 0.3 is 0 Å². The third-order valence-electron chi connectivity index (χ3n) is 7.84. The summed E-state index contributed by atoms with van der Waals surface area (Å²) < 4.78 is 38.2. The predicted molar refractivity (Wildman–Crippen MR) is 172 cm³/mol. The van der Waals surface area contributed by atoms with E-state index >= 15 is 0 Å². The van der Waals surface area contributed by atoms with Gasteiger partial charge in [0.25, 0.3) is 0 Å². The first-order chi connectivity index (χ1) is 21.1. The summed E-state index contributed by atoms with van der Waals surface area (Å²) in [6.07, 6.45) is 2.58. The van der Waals surface area contributed by atoms with Gasteiger partial charge in [-0.3, -0.25) is 13.9 Å². The van der Waals surface area contributed by atoms with Crippen molar-refractivity contribution in [3.05, 3.63) is 89.5 Å². The fraction of sp³-hybridized carbons (Fsp3) is 0.412. The molecule has 0 saturated carbocycles. The number of rotatable bonds is 14. The van der Waals surface area contributed by atoms with Gasteiger partial charge in [-0.05, 0) is 55.5 Å². The molecule has 0 unspecified atom stereocenters. The zero-order valence-corrected chi connectivity index (χ0v) is 26.8. The van der Waals surface area contributed by atoms with Crippen LogP contribution in [0.15, 0.2) is 72.8 Å². The van der Waals surface area contributed by atoms with Gasteiger partial charge in [0.1, 0.15) is 19.3 Å². The van der Waals surface area contributed by atoms with E-state index in [2.05, 4.69) is 5.32 Å². The SMILES string of the molecule is CC[C@H](C)NC(=O)[C@@H](Cc1ccccc1)N(Cc1ccccc1C)C(=O)CCCN(c1ccc2c(c1)OCCO2)S(C)(=O)=O. The average molecular weight is 622 g/mol. The summed E-state index contributed by atoms with van der Waals surface area (Å²) in [6.45, 7) is 7.10. The Morgan fingerprint density at radius 2 is 1.64 bits per heavy atom. The lowest BCUT2D eigenvalue weighted by Gasteiger charge is -2.33. The van der Waals surface area contributed by atoms with E-state index in [1.807, 2.05) is 75.4 Å². The maximum Gasteiger partial charge on any atom is 0.243 e. The summed E-state index contributed by atoms with van der Waals surface area (Å²) >= 11 is 0. The molecule has 2 atom stereocenters. The molecule has 3 aromatic rings. The van der Waals surface area contributed by atoms with Crippen molar-refractivity contribution < 1.29 is 27.5 Å². The summed E-state index contributed by atoms with van der Waals surface area (Å²) in [5.74, 6) is 0.623. The number of aryl methyl sites for hydroxylation is 1. The fourth-order valence-electron chi connectivity index (χ4n) is 5.16. The van der Waals surface area contributed by atoms with Crippen LogP contribution in [0, 0.1) is 6.92 Å². The average Bonchev–Trinajstić information content (AvgIpc) is 3.01. The fourth-order valence-corrected chi connectivity index (χ4v) is 6.11. The second kappa shape index (κ2) is 15.1. The van der Waals surface area contributed by atoms with Crippen LogP contribution in [0.4, 0.5) is 5.69 Å². The van der Waals surface area contributed by atoms with E-state index in [1.54, 1.807) is 23.1 Å². The Hall–Kier alpha value is -4.05. The molecule has 1 heterocycles. The van der Waals surface area contributed by atoms with Crippen molar-refractivity contribution in [3.63, 3.8) is 0 Å². The van der Waals surface area contributed by atoms with E-state index in [9.17, 15) is 18.0 Å². The van der Waals surface area contributed by atoms with E-state index in [0.717, 1.165) is 29.4 Å². The van der Waals surface area contributed by atoms with Crippen LogP contribution in [0.3, 0.4) is 0 Å². The van der Waals surface area contributed by atoms with Gasteiger partial charge in [0.2, 0.25) is 21.8 Å². The lowest BCUT2D eigenvalue weighted by molar-refractivity contribution is -0.141. The van der Waals surface area contributed by atoms with Gasteiger partial charge in [0.15, 0.2) is 11.5 Å². The van der Waals surface area contributed by atoms with Gasteiger partial charge in [-0.25, -0.2) is 8.42 Å². The molecule has 3 aromatic carbocycles. The number of ether oxygens (including phenoxy) is 2. The van der Waals surface area contributed by atoms with E-state index in [0.29, 0.717) is 36.8 Å². The molecular formula is C34H43N3O6S. The molecule has 0 spiro atoms.